The van der Waals surface area contributed by atoms with Gasteiger partial charge >= 0.3 is 0 Å². The average Bonchev–Trinajstić information content (AvgIpc) is 2.26. The van der Waals surface area contributed by atoms with Crippen molar-refractivity contribution in [3.63, 3.8) is 0 Å². The molecule has 1 aromatic carbocycles. The van der Waals surface area contributed by atoms with Crippen LogP contribution in [0, 0.1) is 5.92 Å². The molecule has 0 saturated heterocycles. The highest BCUT2D eigenvalue weighted by molar-refractivity contribution is 6.70. The summed E-state index contributed by atoms with van der Waals surface area (Å²) in [5.74, 6) is 1.52. The lowest BCUT2D eigenvalue weighted by Gasteiger charge is -2.23. The molecule has 0 aliphatic heterocycles. The predicted octanol–water partition coefficient (Wildman–Crippen LogP) is 4.86. The second-order valence-corrected chi connectivity index (χ2v) is 11.1. The number of hydrogen-bond donors (Lipinski definition) is 0. The standard InChI is InChI=1S/C16H26O2Si/c1-11(2)14-10-13(16(17)12(3)4)8-9-15(14)18-19(5,6)7/h8-12H,1-7H3. The highest BCUT2D eigenvalue weighted by Gasteiger charge is 2.20. The van der Waals surface area contributed by atoms with Crippen molar-refractivity contribution in [2.24, 2.45) is 5.92 Å². The molecule has 0 bridgehead atoms. The monoisotopic (exact) mass is 278 g/mol. The van der Waals surface area contributed by atoms with Crippen LogP contribution >= 0.6 is 0 Å². The lowest BCUT2D eigenvalue weighted by Crippen LogP contribution is -2.30. The van der Waals surface area contributed by atoms with Gasteiger partial charge in [-0.25, -0.2) is 0 Å². The summed E-state index contributed by atoms with van der Waals surface area (Å²) in [6, 6.07) is 5.86. The van der Waals surface area contributed by atoms with Crippen molar-refractivity contribution in [2.75, 3.05) is 0 Å². The van der Waals surface area contributed by atoms with Gasteiger partial charge in [0.25, 0.3) is 0 Å². The van der Waals surface area contributed by atoms with E-state index in [4.69, 9.17) is 4.43 Å². The number of carbonyl (C=O) groups excluding carboxylic acids is 1. The Morgan fingerprint density at radius 1 is 1.11 bits per heavy atom. The van der Waals surface area contributed by atoms with Crippen LogP contribution in [0.3, 0.4) is 0 Å². The Balaban J connectivity index is 3.19. The zero-order chi connectivity index (χ0) is 14.8. The minimum atomic E-state index is -1.63. The van der Waals surface area contributed by atoms with Crippen LogP contribution in [0.1, 0.15) is 49.5 Å². The lowest BCUT2D eigenvalue weighted by atomic mass is 9.95. The van der Waals surface area contributed by atoms with Crippen molar-refractivity contribution in [3.8, 4) is 5.75 Å². The molecule has 0 atom stereocenters. The second-order valence-electron chi connectivity index (χ2n) is 6.64. The van der Waals surface area contributed by atoms with Gasteiger partial charge in [0.05, 0.1) is 0 Å². The van der Waals surface area contributed by atoms with Crippen LogP contribution in [0.15, 0.2) is 18.2 Å². The van der Waals surface area contributed by atoms with E-state index in [1.54, 1.807) is 0 Å². The fraction of sp³-hybridized carbons (Fsp3) is 0.562. The minimum Gasteiger partial charge on any atom is -0.544 e. The fourth-order valence-corrected chi connectivity index (χ4v) is 2.75. The summed E-state index contributed by atoms with van der Waals surface area (Å²) in [6.07, 6.45) is 0. The first kappa shape index (κ1) is 16.0. The molecule has 106 valence electrons. The summed E-state index contributed by atoms with van der Waals surface area (Å²) in [5, 5.41) is 0. The molecule has 0 aliphatic carbocycles. The van der Waals surface area contributed by atoms with Gasteiger partial charge < -0.3 is 4.43 Å². The highest BCUT2D eigenvalue weighted by Crippen LogP contribution is 2.30. The van der Waals surface area contributed by atoms with Crippen LogP contribution in [-0.2, 0) is 0 Å². The summed E-state index contributed by atoms with van der Waals surface area (Å²) >= 11 is 0. The molecule has 0 aromatic heterocycles. The number of ketones is 1. The van der Waals surface area contributed by atoms with Crippen molar-refractivity contribution in [1.82, 2.24) is 0 Å². The maximum Gasteiger partial charge on any atom is 0.242 e. The Morgan fingerprint density at radius 3 is 2.11 bits per heavy atom. The molecular formula is C16H26O2Si. The first-order chi connectivity index (χ1) is 8.61. The minimum absolute atomic E-state index is 0.0313. The molecular weight excluding hydrogens is 252 g/mol. The van der Waals surface area contributed by atoms with Crippen LogP contribution in [0.4, 0.5) is 0 Å². The van der Waals surface area contributed by atoms with E-state index >= 15 is 0 Å². The molecule has 2 nitrogen and oxygen atoms in total. The van der Waals surface area contributed by atoms with E-state index in [2.05, 4.69) is 33.5 Å². The molecule has 1 aromatic rings. The van der Waals surface area contributed by atoms with Gasteiger partial charge in [0.1, 0.15) is 5.75 Å². The molecule has 0 aliphatic rings. The number of Topliss-reactive ketones (excluding diaryl/α,β-unsaturated/α-hetero) is 1. The largest absolute Gasteiger partial charge is 0.544 e. The third kappa shape index (κ3) is 4.50. The van der Waals surface area contributed by atoms with E-state index in [-0.39, 0.29) is 11.7 Å². The smallest absolute Gasteiger partial charge is 0.242 e. The second kappa shape index (κ2) is 5.91. The number of hydrogen-bond acceptors (Lipinski definition) is 2. The number of carbonyl (C=O) groups is 1. The normalized spacial score (nSPS) is 12.1. The molecule has 0 fully saturated rings. The van der Waals surface area contributed by atoms with Gasteiger partial charge in [0.15, 0.2) is 5.78 Å². The molecule has 0 unspecified atom stereocenters. The maximum absolute atomic E-state index is 12.1. The summed E-state index contributed by atoms with van der Waals surface area (Å²) < 4.78 is 6.12. The van der Waals surface area contributed by atoms with E-state index in [0.29, 0.717) is 5.92 Å². The van der Waals surface area contributed by atoms with Gasteiger partial charge in [-0.3, -0.25) is 4.79 Å². The Kier molecular flexibility index (Phi) is 4.96. The molecule has 0 saturated carbocycles. The fourth-order valence-electron chi connectivity index (χ4n) is 1.91. The number of rotatable bonds is 5. The molecule has 0 heterocycles. The third-order valence-corrected chi connectivity index (χ3v) is 3.69. The summed E-state index contributed by atoms with van der Waals surface area (Å²) in [6.45, 7) is 14.7. The van der Waals surface area contributed by atoms with E-state index in [0.717, 1.165) is 16.9 Å². The SMILES string of the molecule is CC(C)C(=O)c1ccc(O[Si](C)(C)C)c(C(C)C)c1. The van der Waals surface area contributed by atoms with Crippen molar-refractivity contribution < 1.29 is 9.22 Å². The maximum atomic E-state index is 12.1. The van der Waals surface area contributed by atoms with Gasteiger partial charge in [-0.1, -0.05) is 27.7 Å². The zero-order valence-electron chi connectivity index (χ0n) is 13.2. The van der Waals surface area contributed by atoms with E-state index < -0.39 is 8.32 Å². The molecule has 0 amide bonds. The average molecular weight is 278 g/mol. The van der Waals surface area contributed by atoms with Crippen LogP contribution < -0.4 is 4.43 Å². The number of benzene rings is 1. The van der Waals surface area contributed by atoms with Gasteiger partial charge in [0.2, 0.25) is 8.32 Å². The van der Waals surface area contributed by atoms with Gasteiger partial charge in [-0.2, -0.15) is 0 Å². The first-order valence-electron chi connectivity index (χ1n) is 6.99. The molecule has 19 heavy (non-hydrogen) atoms. The van der Waals surface area contributed by atoms with Crippen molar-refractivity contribution in [2.45, 2.75) is 53.3 Å². The van der Waals surface area contributed by atoms with Crippen molar-refractivity contribution in [3.05, 3.63) is 29.3 Å². The van der Waals surface area contributed by atoms with Gasteiger partial charge in [0, 0.05) is 11.5 Å². The van der Waals surface area contributed by atoms with Crippen LogP contribution in [0.25, 0.3) is 0 Å². The zero-order valence-corrected chi connectivity index (χ0v) is 14.2. The first-order valence-corrected chi connectivity index (χ1v) is 10.4. The van der Waals surface area contributed by atoms with Crippen molar-refractivity contribution in [1.29, 1.82) is 0 Å². The molecule has 0 radical (unpaired) electrons. The lowest BCUT2D eigenvalue weighted by molar-refractivity contribution is 0.0939. The van der Waals surface area contributed by atoms with E-state index in [1.807, 2.05) is 32.0 Å². The Labute approximate surface area is 118 Å². The van der Waals surface area contributed by atoms with Gasteiger partial charge in [-0.05, 0) is 49.3 Å². The summed E-state index contributed by atoms with van der Waals surface area (Å²) in [5.41, 5.74) is 1.93. The molecule has 0 N–H and O–H groups in total. The highest BCUT2D eigenvalue weighted by atomic mass is 28.4. The third-order valence-electron chi connectivity index (χ3n) is 2.86. The van der Waals surface area contributed by atoms with Crippen LogP contribution in [0.2, 0.25) is 19.6 Å². The quantitative estimate of drug-likeness (QED) is 0.568. The topological polar surface area (TPSA) is 26.3 Å². The Bertz CT molecular complexity index is 456. The van der Waals surface area contributed by atoms with Crippen LogP contribution in [0.5, 0.6) is 5.75 Å². The Hall–Kier alpha value is -1.09. The summed E-state index contributed by atoms with van der Waals surface area (Å²) in [4.78, 5) is 12.1. The predicted molar refractivity (Wildman–Crippen MR) is 83.7 cm³/mol. The Morgan fingerprint density at radius 2 is 1.68 bits per heavy atom. The summed E-state index contributed by atoms with van der Waals surface area (Å²) in [7, 11) is -1.63. The van der Waals surface area contributed by atoms with E-state index in [9.17, 15) is 4.79 Å². The van der Waals surface area contributed by atoms with Crippen LogP contribution in [-0.4, -0.2) is 14.1 Å². The van der Waals surface area contributed by atoms with Crippen molar-refractivity contribution >= 4 is 14.1 Å². The molecule has 0 spiro atoms. The van der Waals surface area contributed by atoms with Gasteiger partial charge in [-0.15, -0.1) is 0 Å². The molecule has 3 heteroatoms. The molecule has 1 rings (SSSR count). The van der Waals surface area contributed by atoms with E-state index in [1.165, 1.54) is 0 Å².